The van der Waals surface area contributed by atoms with Gasteiger partial charge in [0.25, 0.3) is 10.1 Å². The smallest absolute Gasteiger partial charge is 0.294 e. The Hall–Kier alpha value is -2.95. The minimum absolute atomic E-state index is 0.0666. The van der Waals surface area contributed by atoms with Crippen molar-refractivity contribution in [2.45, 2.75) is 25.7 Å². The fourth-order valence-electron chi connectivity index (χ4n) is 2.25. The Morgan fingerprint density at radius 3 is 2.10 bits per heavy atom. The van der Waals surface area contributed by atoms with Crippen LogP contribution in [0.2, 0.25) is 0 Å². The van der Waals surface area contributed by atoms with Crippen LogP contribution in [0.15, 0.2) is 63.6 Å². The zero-order valence-electron chi connectivity index (χ0n) is 16.6. The molecule has 29 heavy (non-hydrogen) atoms. The van der Waals surface area contributed by atoms with E-state index in [0.29, 0.717) is 0 Å². The number of nitrogens with two attached hydrogens (primary N) is 1. The number of benzene rings is 2. The summed E-state index contributed by atoms with van der Waals surface area (Å²) in [6, 6.07) is 14.0. The van der Waals surface area contributed by atoms with Crippen LogP contribution in [0.1, 0.15) is 25.0 Å². The Morgan fingerprint density at radius 1 is 1.10 bits per heavy atom. The lowest BCUT2D eigenvalue weighted by Gasteiger charge is -2.20. The average Bonchev–Trinajstić information content (AvgIpc) is 2.70. The van der Waals surface area contributed by atoms with Crippen LogP contribution in [0.5, 0.6) is 0 Å². The molecule has 0 aliphatic rings. The molecule has 0 spiro atoms. The van der Waals surface area contributed by atoms with Gasteiger partial charge in [-0.3, -0.25) is 9.76 Å². The topological polar surface area (TPSA) is 141 Å². The molecule has 5 N–H and O–H groups in total. The van der Waals surface area contributed by atoms with Gasteiger partial charge in [0.15, 0.2) is 0 Å². The van der Waals surface area contributed by atoms with E-state index in [4.69, 9.17) is 15.5 Å². The lowest BCUT2D eigenvalue weighted by Crippen LogP contribution is -2.27. The SMILES string of the molecule is CCN(CC)c1ccc(C=NN=C(N)NO)cc1.Cc1ccc(S(=O)(=O)O)cc1. The van der Waals surface area contributed by atoms with E-state index in [9.17, 15) is 8.42 Å². The van der Waals surface area contributed by atoms with Gasteiger partial charge in [-0.2, -0.15) is 13.5 Å². The summed E-state index contributed by atoms with van der Waals surface area (Å²) < 4.78 is 29.6. The molecule has 2 aromatic carbocycles. The standard InChI is InChI=1S/C12H19N5O.C7H8O3S/c1-3-17(4-2)11-7-5-10(6-8-11)9-14-15-12(13)16-18;1-6-2-4-7(5-3-6)11(8,9)10/h5-9,18H,3-4H2,1-2H3,(H3,13,15,16);2-5H,1H3,(H,8,9,10). The highest BCUT2D eigenvalue weighted by atomic mass is 32.2. The number of hydrogen-bond donors (Lipinski definition) is 4. The largest absolute Gasteiger partial charge is 0.372 e. The third kappa shape index (κ3) is 8.73. The number of anilines is 1. The van der Waals surface area contributed by atoms with E-state index in [1.807, 2.05) is 31.2 Å². The van der Waals surface area contributed by atoms with E-state index in [1.54, 1.807) is 23.8 Å². The first-order chi connectivity index (χ1) is 13.7. The number of rotatable bonds is 6. The number of hydrogen-bond acceptors (Lipinski definition) is 6. The van der Waals surface area contributed by atoms with E-state index < -0.39 is 10.1 Å². The van der Waals surface area contributed by atoms with Gasteiger partial charge in [0, 0.05) is 18.8 Å². The van der Waals surface area contributed by atoms with E-state index >= 15 is 0 Å². The number of guanidine groups is 1. The van der Waals surface area contributed by atoms with Gasteiger partial charge in [-0.25, -0.2) is 5.48 Å². The molecule has 0 aliphatic carbocycles. The van der Waals surface area contributed by atoms with Crippen LogP contribution in [0.25, 0.3) is 0 Å². The van der Waals surface area contributed by atoms with Crippen LogP contribution in [0.4, 0.5) is 5.69 Å². The summed E-state index contributed by atoms with van der Waals surface area (Å²) in [5.41, 5.74) is 9.95. The van der Waals surface area contributed by atoms with Gasteiger partial charge in [0.2, 0.25) is 5.96 Å². The molecule has 0 heterocycles. The van der Waals surface area contributed by atoms with Crippen LogP contribution in [-0.2, 0) is 10.1 Å². The summed E-state index contributed by atoms with van der Waals surface area (Å²) in [7, 11) is -4.02. The fraction of sp³-hybridized carbons (Fsp3) is 0.263. The van der Waals surface area contributed by atoms with Crippen molar-refractivity contribution < 1.29 is 18.2 Å². The van der Waals surface area contributed by atoms with Crippen LogP contribution in [-0.4, -0.2) is 43.4 Å². The number of nitrogens with one attached hydrogen (secondary N) is 1. The molecule has 0 aliphatic heterocycles. The maximum atomic E-state index is 10.5. The van der Waals surface area contributed by atoms with Crippen molar-refractivity contribution in [3.63, 3.8) is 0 Å². The van der Waals surface area contributed by atoms with Crippen LogP contribution >= 0.6 is 0 Å². The molecule has 2 aromatic rings. The molecule has 0 radical (unpaired) electrons. The first-order valence-electron chi connectivity index (χ1n) is 8.87. The molecule has 9 nitrogen and oxygen atoms in total. The van der Waals surface area contributed by atoms with Gasteiger partial charge in [0.1, 0.15) is 0 Å². The van der Waals surface area contributed by atoms with Gasteiger partial charge in [-0.05, 0) is 50.6 Å². The van der Waals surface area contributed by atoms with Gasteiger partial charge >= 0.3 is 0 Å². The Morgan fingerprint density at radius 2 is 1.66 bits per heavy atom. The Balaban J connectivity index is 0.000000326. The van der Waals surface area contributed by atoms with E-state index in [0.717, 1.165) is 24.2 Å². The molecule has 2 rings (SSSR count). The quantitative estimate of drug-likeness (QED) is 0.243. The first kappa shape index (κ1) is 24.1. The zero-order chi connectivity index (χ0) is 21.9. The van der Waals surface area contributed by atoms with Crippen molar-refractivity contribution in [2.75, 3.05) is 18.0 Å². The number of hydroxylamine groups is 1. The van der Waals surface area contributed by atoms with Crippen molar-refractivity contribution in [3.05, 3.63) is 59.7 Å². The molecule has 10 heteroatoms. The molecule has 0 aromatic heterocycles. The third-order valence-corrected chi connectivity index (χ3v) is 4.70. The Labute approximate surface area is 171 Å². The molecular weight excluding hydrogens is 394 g/mol. The second kappa shape index (κ2) is 11.8. The van der Waals surface area contributed by atoms with Crippen LogP contribution < -0.4 is 16.1 Å². The molecule has 0 amide bonds. The summed E-state index contributed by atoms with van der Waals surface area (Å²) in [6.07, 6.45) is 1.57. The summed E-state index contributed by atoms with van der Waals surface area (Å²) >= 11 is 0. The van der Waals surface area contributed by atoms with Crippen molar-refractivity contribution in [1.29, 1.82) is 0 Å². The predicted octanol–water partition coefficient (Wildman–Crippen LogP) is 2.40. The second-order valence-electron chi connectivity index (χ2n) is 5.89. The molecule has 0 fully saturated rings. The van der Waals surface area contributed by atoms with E-state index in [2.05, 4.69) is 29.0 Å². The summed E-state index contributed by atoms with van der Waals surface area (Å²) in [6.45, 7) is 8.05. The minimum Gasteiger partial charge on any atom is -0.372 e. The highest BCUT2D eigenvalue weighted by Gasteiger charge is 2.06. The van der Waals surface area contributed by atoms with Gasteiger partial charge in [-0.15, -0.1) is 5.10 Å². The van der Waals surface area contributed by atoms with Crippen molar-refractivity contribution in [1.82, 2.24) is 5.48 Å². The van der Waals surface area contributed by atoms with E-state index in [1.165, 1.54) is 17.8 Å². The molecule has 0 unspecified atom stereocenters. The maximum absolute atomic E-state index is 10.5. The van der Waals surface area contributed by atoms with Crippen molar-refractivity contribution in [3.8, 4) is 0 Å². The van der Waals surface area contributed by atoms with Crippen molar-refractivity contribution in [2.24, 2.45) is 15.9 Å². The van der Waals surface area contributed by atoms with Crippen LogP contribution in [0.3, 0.4) is 0 Å². The third-order valence-electron chi connectivity index (χ3n) is 3.83. The normalized spacial score (nSPS) is 11.7. The fourth-order valence-corrected chi connectivity index (χ4v) is 2.73. The lowest BCUT2D eigenvalue weighted by molar-refractivity contribution is 0.232. The highest BCUT2D eigenvalue weighted by molar-refractivity contribution is 7.85. The first-order valence-corrected chi connectivity index (χ1v) is 10.3. The average molecular weight is 422 g/mol. The summed E-state index contributed by atoms with van der Waals surface area (Å²) in [4.78, 5) is 2.19. The number of aryl methyl sites for hydroxylation is 1. The Bertz CT molecular complexity index is 907. The Kier molecular flexibility index (Phi) is 9.80. The lowest BCUT2D eigenvalue weighted by atomic mass is 10.2. The predicted molar refractivity (Wildman–Crippen MR) is 115 cm³/mol. The monoisotopic (exact) mass is 421 g/mol. The summed E-state index contributed by atoms with van der Waals surface area (Å²) in [5, 5.41) is 15.6. The maximum Gasteiger partial charge on any atom is 0.294 e. The molecule has 0 bridgehead atoms. The summed E-state index contributed by atoms with van der Waals surface area (Å²) in [5.74, 6) is -0.147. The number of nitrogens with zero attached hydrogens (tertiary/aromatic N) is 3. The zero-order valence-corrected chi connectivity index (χ0v) is 17.5. The second-order valence-corrected chi connectivity index (χ2v) is 7.32. The minimum atomic E-state index is -4.02. The molecule has 0 saturated heterocycles. The van der Waals surface area contributed by atoms with E-state index in [-0.39, 0.29) is 10.9 Å². The molecule has 0 saturated carbocycles. The molecular formula is C19H27N5O4S. The van der Waals surface area contributed by atoms with Gasteiger partial charge in [-0.1, -0.05) is 29.8 Å². The van der Waals surface area contributed by atoms with Gasteiger partial charge in [0.05, 0.1) is 11.1 Å². The molecule has 158 valence electrons. The van der Waals surface area contributed by atoms with Gasteiger partial charge < -0.3 is 10.6 Å². The van der Waals surface area contributed by atoms with Crippen molar-refractivity contribution >= 4 is 28.0 Å². The van der Waals surface area contributed by atoms with Crippen LogP contribution in [0, 0.1) is 6.92 Å². The highest BCUT2D eigenvalue weighted by Crippen LogP contribution is 2.14. The molecule has 0 atom stereocenters.